The minimum absolute atomic E-state index is 0.0272. The van der Waals surface area contributed by atoms with Crippen LogP contribution >= 0.6 is 0 Å². The van der Waals surface area contributed by atoms with Gasteiger partial charge in [-0.2, -0.15) is 0 Å². The number of rotatable bonds is 4. The first-order chi connectivity index (χ1) is 13.0. The van der Waals surface area contributed by atoms with Gasteiger partial charge < -0.3 is 9.84 Å². The number of benzene rings is 2. The molecule has 1 unspecified atom stereocenters. The lowest BCUT2D eigenvalue weighted by atomic mass is 9.63. The molecule has 2 aromatic rings. The summed E-state index contributed by atoms with van der Waals surface area (Å²) in [6.07, 6.45) is 1.74. The van der Waals surface area contributed by atoms with Crippen molar-refractivity contribution in [2.75, 3.05) is 0 Å². The zero-order valence-electron chi connectivity index (χ0n) is 17.2. The van der Waals surface area contributed by atoms with E-state index in [4.69, 9.17) is 9.84 Å². The van der Waals surface area contributed by atoms with Gasteiger partial charge in [0.1, 0.15) is 6.10 Å². The van der Waals surface area contributed by atoms with Crippen molar-refractivity contribution < 1.29 is 19.4 Å². The van der Waals surface area contributed by atoms with Crippen LogP contribution in [0.25, 0.3) is 0 Å². The molecule has 1 aliphatic carbocycles. The van der Waals surface area contributed by atoms with Gasteiger partial charge in [0.05, 0.1) is 11.1 Å². The maximum Gasteiger partial charge on any atom is 0.338 e. The Balaban J connectivity index is 1.82. The number of hydrogen-bond donors (Lipinski definition) is 1. The van der Waals surface area contributed by atoms with Crippen LogP contribution in [0, 0.1) is 0 Å². The molecule has 0 spiro atoms. The fraction of sp³-hybridized carbons (Fsp3) is 0.417. The summed E-state index contributed by atoms with van der Waals surface area (Å²) in [6.45, 7) is 10.7. The van der Waals surface area contributed by atoms with Gasteiger partial charge in [-0.1, -0.05) is 45.9 Å². The molecule has 1 aliphatic rings. The van der Waals surface area contributed by atoms with E-state index in [1.165, 1.54) is 23.3 Å². The SMILES string of the molecule is CC(OC(=O)c1ccc2c(c1)C(C)(C)CCC2(C)C)c1ccc(C(=O)O)cc1. The van der Waals surface area contributed by atoms with Crippen LogP contribution in [-0.4, -0.2) is 17.0 Å². The minimum atomic E-state index is -0.976. The summed E-state index contributed by atoms with van der Waals surface area (Å²) in [4.78, 5) is 23.7. The first kappa shape index (κ1) is 20.1. The molecule has 0 fully saturated rings. The molecule has 2 aromatic carbocycles. The van der Waals surface area contributed by atoms with Gasteiger partial charge in [0.15, 0.2) is 0 Å². The van der Waals surface area contributed by atoms with Crippen molar-refractivity contribution in [1.82, 2.24) is 0 Å². The lowest BCUT2D eigenvalue weighted by Gasteiger charge is -2.42. The zero-order chi connectivity index (χ0) is 20.7. The summed E-state index contributed by atoms with van der Waals surface area (Å²) >= 11 is 0. The van der Waals surface area contributed by atoms with Gasteiger partial charge in [-0.25, -0.2) is 9.59 Å². The second-order valence-electron chi connectivity index (χ2n) is 9.00. The fourth-order valence-corrected chi connectivity index (χ4v) is 3.91. The highest BCUT2D eigenvalue weighted by Crippen LogP contribution is 2.46. The van der Waals surface area contributed by atoms with E-state index in [0.717, 1.165) is 18.4 Å². The van der Waals surface area contributed by atoms with Crippen molar-refractivity contribution >= 4 is 11.9 Å². The van der Waals surface area contributed by atoms with Gasteiger partial charge in [0, 0.05) is 0 Å². The Bertz CT molecular complexity index is 907. The smallest absolute Gasteiger partial charge is 0.338 e. The Labute approximate surface area is 166 Å². The quantitative estimate of drug-likeness (QED) is 0.696. The van der Waals surface area contributed by atoms with E-state index in [-0.39, 0.29) is 22.4 Å². The first-order valence-corrected chi connectivity index (χ1v) is 9.70. The second kappa shape index (κ2) is 7.08. The van der Waals surface area contributed by atoms with Crippen LogP contribution in [0.1, 0.15) is 91.0 Å². The summed E-state index contributed by atoms with van der Waals surface area (Å²) in [6, 6.07) is 12.3. The molecular weight excluding hydrogens is 352 g/mol. The zero-order valence-corrected chi connectivity index (χ0v) is 17.2. The number of fused-ring (bicyclic) bond motifs is 1. The number of hydrogen-bond acceptors (Lipinski definition) is 3. The first-order valence-electron chi connectivity index (χ1n) is 9.70. The topological polar surface area (TPSA) is 63.6 Å². The third kappa shape index (κ3) is 3.82. The molecule has 0 aromatic heterocycles. The summed E-state index contributed by atoms with van der Waals surface area (Å²) in [7, 11) is 0. The highest BCUT2D eigenvalue weighted by Gasteiger charge is 2.37. The molecule has 4 nitrogen and oxygen atoms in total. The van der Waals surface area contributed by atoms with Gasteiger partial charge in [0.25, 0.3) is 0 Å². The molecule has 0 radical (unpaired) electrons. The molecule has 1 N–H and O–H groups in total. The van der Waals surface area contributed by atoms with E-state index in [1.807, 2.05) is 12.1 Å². The fourth-order valence-electron chi connectivity index (χ4n) is 3.91. The summed E-state index contributed by atoms with van der Waals surface area (Å²) in [5.41, 5.74) is 4.18. The van der Waals surface area contributed by atoms with Gasteiger partial charge in [-0.15, -0.1) is 0 Å². The number of aromatic carboxylic acids is 1. The molecule has 3 rings (SSSR count). The Morgan fingerprint density at radius 3 is 2.00 bits per heavy atom. The van der Waals surface area contributed by atoms with Gasteiger partial charge in [-0.3, -0.25) is 0 Å². The van der Waals surface area contributed by atoms with Gasteiger partial charge >= 0.3 is 11.9 Å². The highest BCUT2D eigenvalue weighted by molar-refractivity contribution is 5.90. The lowest BCUT2D eigenvalue weighted by molar-refractivity contribution is 0.0337. The van der Waals surface area contributed by atoms with Crippen molar-refractivity contribution in [3.63, 3.8) is 0 Å². The van der Waals surface area contributed by atoms with Gasteiger partial charge in [0.2, 0.25) is 0 Å². The maximum atomic E-state index is 12.7. The van der Waals surface area contributed by atoms with E-state index in [2.05, 4.69) is 33.8 Å². The van der Waals surface area contributed by atoms with Crippen LogP contribution in [0.2, 0.25) is 0 Å². The molecule has 0 amide bonds. The molecule has 0 bridgehead atoms. The third-order valence-electron chi connectivity index (χ3n) is 6.00. The third-order valence-corrected chi connectivity index (χ3v) is 6.00. The van der Waals surface area contributed by atoms with Crippen molar-refractivity contribution in [1.29, 1.82) is 0 Å². The predicted octanol–water partition coefficient (Wildman–Crippen LogP) is 5.65. The maximum absolute atomic E-state index is 12.7. The highest BCUT2D eigenvalue weighted by atomic mass is 16.5. The minimum Gasteiger partial charge on any atom is -0.478 e. The summed E-state index contributed by atoms with van der Waals surface area (Å²) in [5.74, 6) is -1.34. The van der Waals surface area contributed by atoms with Crippen molar-refractivity contribution in [2.45, 2.75) is 64.4 Å². The average molecular weight is 380 g/mol. The van der Waals surface area contributed by atoms with E-state index >= 15 is 0 Å². The molecule has 0 aliphatic heterocycles. The van der Waals surface area contributed by atoms with Crippen LogP contribution in [0.15, 0.2) is 42.5 Å². The predicted molar refractivity (Wildman–Crippen MR) is 109 cm³/mol. The van der Waals surface area contributed by atoms with Crippen LogP contribution in [0.4, 0.5) is 0 Å². The van der Waals surface area contributed by atoms with Crippen molar-refractivity contribution in [3.05, 3.63) is 70.3 Å². The second-order valence-corrected chi connectivity index (χ2v) is 9.00. The van der Waals surface area contributed by atoms with Crippen LogP contribution in [0.3, 0.4) is 0 Å². The normalized spacial score (nSPS) is 18.0. The number of carboxylic acid groups (broad SMARTS) is 1. The number of carbonyl (C=O) groups is 2. The van der Waals surface area contributed by atoms with Crippen molar-refractivity contribution in [3.8, 4) is 0 Å². The molecule has 0 heterocycles. The van der Waals surface area contributed by atoms with Crippen molar-refractivity contribution in [2.24, 2.45) is 0 Å². The number of carbonyl (C=O) groups excluding carboxylic acids is 1. The molecule has 1 atom stereocenters. The Morgan fingerprint density at radius 2 is 1.43 bits per heavy atom. The van der Waals surface area contributed by atoms with Gasteiger partial charge in [-0.05, 0) is 71.6 Å². The Hall–Kier alpha value is -2.62. The largest absolute Gasteiger partial charge is 0.478 e. The number of esters is 1. The summed E-state index contributed by atoms with van der Waals surface area (Å²) < 4.78 is 5.65. The van der Waals surface area contributed by atoms with E-state index in [9.17, 15) is 9.59 Å². The average Bonchev–Trinajstić information content (AvgIpc) is 2.65. The molecular formula is C24H28O4. The monoisotopic (exact) mass is 380 g/mol. The van der Waals surface area contributed by atoms with Crippen LogP contribution < -0.4 is 0 Å². The van der Waals surface area contributed by atoms with E-state index in [1.54, 1.807) is 19.1 Å². The van der Waals surface area contributed by atoms with E-state index < -0.39 is 12.1 Å². The standard InChI is InChI=1S/C24H28O4/c1-15(16-6-8-17(9-7-16)21(25)26)28-22(27)18-10-11-19-20(14-18)24(4,5)13-12-23(19,2)3/h6-11,14-15H,12-13H2,1-5H3,(H,25,26). The van der Waals surface area contributed by atoms with E-state index in [0.29, 0.717) is 5.56 Å². The molecule has 28 heavy (non-hydrogen) atoms. The molecule has 0 saturated heterocycles. The number of ether oxygens (including phenoxy) is 1. The summed E-state index contributed by atoms with van der Waals surface area (Å²) in [5, 5.41) is 9.00. The van der Waals surface area contributed by atoms with Crippen LogP contribution in [-0.2, 0) is 15.6 Å². The number of carboxylic acids is 1. The van der Waals surface area contributed by atoms with Crippen LogP contribution in [0.5, 0.6) is 0 Å². The molecule has 148 valence electrons. The molecule has 4 heteroatoms. The Kier molecular flexibility index (Phi) is 5.09. The molecule has 0 saturated carbocycles. The lowest BCUT2D eigenvalue weighted by Crippen LogP contribution is -2.34. The Morgan fingerprint density at radius 1 is 0.893 bits per heavy atom.